The van der Waals surface area contributed by atoms with Crippen LogP contribution in [0.4, 0.5) is 20.3 Å². The van der Waals surface area contributed by atoms with Crippen LogP contribution in [0.15, 0.2) is 70.8 Å². The van der Waals surface area contributed by atoms with Crippen molar-refractivity contribution in [3.63, 3.8) is 0 Å². The van der Waals surface area contributed by atoms with Gasteiger partial charge in [-0.2, -0.15) is 0 Å². The predicted octanol–water partition coefficient (Wildman–Crippen LogP) is 6.49. The number of hydrogen-bond acceptors (Lipinski definition) is 11. The van der Waals surface area contributed by atoms with E-state index < -0.39 is 41.0 Å². The van der Waals surface area contributed by atoms with Crippen LogP contribution < -0.4 is 25.6 Å². The zero-order chi connectivity index (χ0) is 44.1. The van der Waals surface area contributed by atoms with E-state index in [1.54, 1.807) is 22.9 Å². The zero-order valence-electron chi connectivity index (χ0n) is 33.9. The summed E-state index contributed by atoms with van der Waals surface area (Å²) in [6, 6.07) is 12.9. The van der Waals surface area contributed by atoms with E-state index in [4.69, 9.17) is 16.3 Å². The first-order valence-electron chi connectivity index (χ1n) is 19.6. The second-order valence-electron chi connectivity index (χ2n) is 16.0. The molecule has 19 heteroatoms. The minimum absolute atomic E-state index is 0.00898. The van der Waals surface area contributed by atoms with Gasteiger partial charge in [-0.1, -0.05) is 45.0 Å². The van der Waals surface area contributed by atoms with E-state index in [0.29, 0.717) is 35.5 Å². The molecule has 2 fully saturated rings. The molecule has 0 aliphatic carbocycles. The summed E-state index contributed by atoms with van der Waals surface area (Å²) in [5.41, 5.74) is 0.717. The first-order chi connectivity index (χ1) is 28.8. The summed E-state index contributed by atoms with van der Waals surface area (Å²) < 4.78 is 36.7. The third-order valence-electron chi connectivity index (χ3n) is 10.3. The number of carbonyl (C=O) groups excluding carboxylic acids is 4. The number of aromatic nitrogens is 2. The lowest BCUT2D eigenvalue weighted by Gasteiger charge is -2.35. The van der Waals surface area contributed by atoms with Gasteiger partial charge in [-0.25, -0.2) is 9.97 Å². The van der Waals surface area contributed by atoms with Crippen molar-refractivity contribution in [2.75, 3.05) is 36.5 Å². The molecule has 2 saturated heterocycles. The van der Waals surface area contributed by atoms with Crippen LogP contribution in [0.25, 0.3) is 10.4 Å². The van der Waals surface area contributed by atoms with Crippen LogP contribution in [-0.2, 0) is 25.7 Å². The van der Waals surface area contributed by atoms with E-state index in [2.05, 4.69) is 46.6 Å². The van der Waals surface area contributed by atoms with Crippen molar-refractivity contribution in [1.82, 2.24) is 25.5 Å². The average molecular weight is 947 g/mol. The molecular formula is C42H47BrClF2N7O7S. The third-order valence-corrected chi connectivity index (χ3v) is 11.9. The van der Waals surface area contributed by atoms with Gasteiger partial charge in [0.05, 0.1) is 44.9 Å². The number of amides is 4. The molecule has 2 aromatic heterocycles. The van der Waals surface area contributed by atoms with E-state index >= 15 is 0 Å². The maximum atomic E-state index is 14.0. The number of aliphatic hydroxyl groups is 1. The van der Waals surface area contributed by atoms with Gasteiger partial charge in [0.25, 0.3) is 5.91 Å². The molecule has 6 rings (SSSR count). The molecule has 4 heterocycles. The molecule has 0 bridgehead atoms. The van der Waals surface area contributed by atoms with Crippen molar-refractivity contribution >= 4 is 74.0 Å². The van der Waals surface area contributed by atoms with E-state index in [0.717, 1.165) is 21.7 Å². The van der Waals surface area contributed by atoms with Crippen LogP contribution in [0.1, 0.15) is 61.6 Å². The van der Waals surface area contributed by atoms with Crippen molar-refractivity contribution in [2.45, 2.75) is 83.4 Å². The highest BCUT2D eigenvalue weighted by atomic mass is 79.9. The fraction of sp³-hybridized carbons (Fsp3) is 0.429. The van der Waals surface area contributed by atoms with Gasteiger partial charge in [0.2, 0.25) is 17.7 Å². The Balaban J connectivity index is 0.964. The Labute approximate surface area is 369 Å². The number of alkyl halides is 3. The number of aliphatic hydroxyl groups excluding tert-OH is 1. The van der Waals surface area contributed by atoms with Crippen molar-refractivity contribution in [1.29, 1.82) is 0 Å². The van der Waals surface area contributed by atoms with E-state index in [9.17, 15) is 33.1 Å². The summed E-state index contributed by atoms with van der Waals surface area (Å²) in [6.07, 6.45) is 1.07. The van der Waals surface area contributed by atoms with Gasteiger partial charge in [0.15, 0.2) is 0 Å². The largest absolute Gasteiger partial charge is 0.487 e. The minimum atomic E-state index is -3.85. The van der Waals surface area contributed by atoms with Crippen LogP contribution in [0, 0.1) is 12.3 Å². The molecule has 0 spiro atoms. The molecule has 4 N–H and O–H groups in total. The molecule has 2 aliphatic heterocycles. The normalized spacial score (nSPS) is 18.5. The number of benzene rings is 2. The predicted molar refractivity (Wildman–Crippen MR) is 231 cm³/mol. The topological polar surface area (TPSA) is 175 Å². The summed E-state index contributed by atoms with van der Waals surface area (Å²) in [7, 11) is 0. The van der Waals surface area contributed by atoms with E-state index in [-0.39, 0.29) is 61.8 Å². The molecule has 4 amide bonds. The fourth-order valence-electron chi connectivity index (χ4n) is 7.12. The Kier molecular flexibility index (Phi) is 14.7. The zero-order valence-corrected chi connectivity index (χ0v) is 37.1. The standard InChI is InChI=1S/C42H47BrClF2N7O7S/c1-24-35(61-23-49-24)26-7-5-25(6-8-26)19-48-39(57)33-18-29(54)21-53(33)40(58)36(41(2,3)4)51-34(55)14-16-59-31-13-15-52(22-31)37-32(43)17-27(20-47-37)38(56)50-28-9-11-30(12-10-28)60-42(44,45)46/h5-12,17,20,23,29,31,33,36,54H,13-16,18-19,21-22H2,1-4H3,(H,48,57)(H,50,56)(H,51,55)/t29-,31?,33+,36?/m1/s1. The lowest BCUT2D eigenvalue weighted by molar-refractivity contribution is -0.144. The van der Waals surface area contributed by atoms with Crippen molar-refractivity contribution in [3.05, 3.63) is 87.6 Å². The number of ether oxygens (including phenoxy) is 2. The van der Waals surface area contributed by atoms with Crippen LogP contribution >= 0.6 is 38.9 Å². The summed E-state index contributed by atoms with van der Waals surface area (Å²) in [5, 5.41) is 19.0. The molecule has 0 radical (unpaired) electrons. The molecule has 61 heavy (non-hydrogen) atoms. The lowest BCUT2D eigenvalue weighted by atomic mass is 9.85. The number of rotatable bonds is 15. The molecule has 0 saturated carbocycles. The van der Waals surface area contributed by atoms with Gasteiger partial charge >= 0.3 is 5.57 Å². The Morgan fingerprint density at radius 1 is 1.07 bits per heavy atom. The van der Waals surface area contributed by atoms with Crippen LogP contribution in [0.3, 0.4) is 0 Å². The monoisotopic (exact) mass is 945 g/mol. The second-order valence-corrected chi connectivity index (χ2v) is 18.1. The molecule has 2 aromatic carbocycles. The number of anilines is 2. The highest BCUT2D eigenvalue weighted by Gasteiger charge is 2.44. The molecule has 4 aromatic rings. The Morgan fingerprint density at radius 3 is 2.43 bits per heavy atom. The Bertz CT molecular complexity index is 2210. The first kappa shape index (κ1) is 45.8. The van der Waals surface area contributed by atoms with Gasteiger partial charge < -0.3 is 40.3 Å². The average Bonchev–Trinajstić information content (AvgIpc) is 3.95. The molecule has 4 atom stereocenters. The smallest absolute Gasteiger partial charge is 0.420 e. The first-order valence-corrected chi connectivity index (χ1v) is 21.6. The van der Waals surface area contributed by atoms with Gasteiger partial charge in [-0.05, 0) is 76.1 Å². The van der Waals surface area contributed by atoms with Crippen molar-refractivity contribution in [2.24, 2.45) is 5.41 Å². The number of nitrogens with zero attached hydrogens (tertiary/aromatic N) is 4. The summed E-state index contributed by atoms with van der Waals surface area (Å²) in [4.78, 5) is 66.8. The summed E-state index contributed by atoms with van der Waals surface area (Å²) in [5.74, 6) is -1.25. The number of thiazole rings is 1. The maximum absolute atomic E-state index is 14.0. The highest BCUT2D eigenvalue weighted by Crippen LogP contribution is 2.31. The van der Waals surface area contributed by atoms with Crippen molar-refractivity contribution < 1.29 is 42.5 Å². The number of pyridine rings is 1. The van der Waals surface area contributed by atoms with Crippen LogP contribution in [0.2, 0.25) is 0 Å². The summed E-state index contributed by atoms with van der Waals surface area (Å²) in [6.45, 7) is 8.85. The van der Waals surface area contributed by atoms with Crippen molar-refractivity contribution in [3.8, 4) is 16.2 Å². The molecule has 2 unspecified atom stereocenters. The van der Waals surface area contributed by atoms with E-state index in [1.807, 2.05) is 56.9 Å². The minimum Gasteiger partial charge on any atom is -0.420 e. The number of likely N-dealkylation sites (tertiary alicyclic amines) is 1. The van der Waals surface area contributed by atoms with Gasteiger partial charge in [0.1, 0.15) is 23.7 Å². The maximum Gasteiger partial charge on any atom is 0.487 e. The number of hydrogen-bond donors (Lipinski definition) is 4. The lowest BCUT2D eigenvalue weighted by Crippen LogP contribution is -2.57. The van der Waals surface area contributed by atoms with Gasteiger partial charge in [0, 0.05) is 62.5 Å². The van der Waals surface area contributed by atoms with Crippen LogP contribution in [-0.4, -0.2) is 99.7 Å². The fourth-order valence-corrected chi connectivity index (χ4v) is 8.62. The number of halogens is 4. The van der Waals surface area contributed by atoms with Gasteiger partial charge in [-0.3, -0.25) is 19.2 Å². The van der Waals surface area contributed by atoms with E-state index in [1.165, 1.54) is 35.4 Å². The number of carbonyl (C=O) groups is 4. The number of nitrogens with one attached hydrogen (secondary N) is 3. The van der Waals surface area contributed by atoms with Gasteiger partial charge in [-0.15, -0.1) is 20.1 Å². The van der Waals surface area contributed by atoms with Crippen LogP contribution in [0.5, 0.6) is 5.75 Å². The molecule has 14 nitrogen and oxygen atoms in total. The third kappa shape index (κ3) is 12.2. The molecule has 2 aliphatic rings. The molecular weight excluding hydrogens is 900 g/mol. The number of β-amino-alcohol motifs (C(OH)–C–C–N with tert-alkyl or cyclic N) is 1. The highest BCUT2D eigenvalue weighted by molar-refractivity contribution is 9.10. The molecule has 326 valence electrons. The quantitative estimate of drug-likeness (QED) is 0.0965. The second kappa shape index (κ2) is 19.5. The summed E-state index contributed by atoms with van der Waals surface area (Å²) >= 11 is 9.87. The Hall–Kier alpha value is -4.75. The SMILES string of the molecule is Cc1ncsc1-c1ccc(CNC(=O)[C@@H]2C[C@@H](O)CN2C(=O)C(NC(=O)CCOC2CCN(c3ncc(C(=O)Nc4ccc(OC(F)(F)Cl)cc4)cc3Br)C2)C(C)(C)C)cc1. The Morgan fingerprint density at radius 2 is 1.79 bits per heavy atom. The number of aryl methyl sites for hydroxylation is 1.